The van der Waals surface area contributed by atoms with Gasteiger partial charge in [0.05, 0.1) is 7.11 Å². The number of halogens is 2. The van der Waals surface area contributed by atoms with E-state index in [1.807, 2.05) is 6.07 Å². The van der Waals surface area contributed by atoms with E-state index in [4.69, 9.17) is 9.47 Å². The van der Waals surface area contributed by atoms with Crippen LogP contribution in [0.4, 0.5) is 8.78 Å². The van der Waals surface area contributed by atoms with E-state index in [0.717, 1.165) is 12.1 Å². The molecule has 0 aliphatic heterocycles. The van der Waals surface area contributed by atoms with Crippen molar-refractivity contribution in [3.05, 3.63) is 23.8 Å². The number of hydrogen-bond acceptors (Lipinski definition) is 3. The van der Waals surface area contributed by atoms with Gasteiger partial charge in [-0.1, -0.05) is 19.9 Å². The molecule has 0 spiro atoms. The Morgan fingerprint density at radius 1 is 1.21 bits per heavy atom. The number of rotatable bonds is 8. The second-order valence-electron chi connectivity index (χ2n) is 4.71. The fourth-order valence-corrected chi connectivity index (χ4v) is 1.60. The number of benzene rings is 1. The molecule has 0 aliphatic rings. The third kappa shape index (κ3) is 5.87. The van der Waals surface area contributed by atoms with Crippen molar-refractivity contribution in [3.8, 4) is 11.5 Å². The van der Waals surface area contributed by atoms with Gasteiger partial charge in [-0.25, -0.2) is 8.78 Å². The first-order valence-electron chi connectivity index (χ1n) is 6.31. The Morgan fingerprint density at radius 2 is 1.95 bits per heavy atom. The highest BCUT2D eigenvalue weighted by atomic mass is 19.3. The van der Waals surface area contributed by atoms with Gasteiger partial charge in [-0.3, -0.25) is 0 Å². The topological polar surface area (TPSA) is 30.5 Å². The minimum Gasteiger partial charge on any atom is -0.493 e. The number of nitrogens with one attached hydrogen (secondary N) is 1. The zero-order valence-electron chi connectivity index (χ0n) is 11.6. The molecule has 0 aromatic heterocycles. The molecule has 1 rings (SSSR count). The van der Waals surface area contributed by atoms with Crippen LogP contribution in [0.1, 0.15) is 19.4 Å². The molecule has 0 saturated heterocycles. The van der Waals surface area contributed by atoms with Gasteiger partial charge in [0.15, 0.2) is 11.5 Å². The normalized spacial score (nSPS) is 11.1. The summed E-state index contributed by atoms with van der Waals surface area (Å²) in [5.74, 6) is 1.40. The molecule has 0 radical (unpaired) electrons. The maximum Gasteiger partial charge on any atom is 0.272 e. The van der Waals surface area contributed by atoms with Crippen molar-refractivity contribution in [1.29, 1.82) is 0 Å². The SMILES string of the molecule is COc1cc(CNCC(C)C)ccc1OCC(F)F. The van der Waals surface area contributed by atoms with E-state index in [0.29, 0.717) is 24.0 Å². The lowest BCUT2D eigenvalue weighted by Crippen LogP contribution is -2.19. The Labute approximate surface area is 112 Å². The van der Waals surface area contributed by atoms with Crippen molar-refractivity contribution in [3.63, 3.8) is 0 Å². The van der Waals surface area contributed by atoms with Crippen molar-refractivity contribution < 1.29 is 18.3 Å². The Balaban J connectivity index is 2.61. The van der Waals surface area contributed by atoms with Crippen molar-refractivity contribution in [2.24, 2.45) is 5.92 Å². The van der Waals surface area contributed by atoms with E-state index in [-0.39, 0.29) is 0 Å². The van der Waals surface area contributed by atoms with Gasteiger partial charge >= 0.3 is 0 Å². The van der Waals surface area contributed by atoms with Gasteiger partial charge in [0.1, 0.15) is 6.61 Å². The summed E-state index contributed by atoms with van der Waals surface area (Å²) in [4.78, 5) is 0. The first-order chi connectivity index (χ1) is 9.02. The third-order valence-electron chi connectivity index (χ3n) is 2.47. The largest absolute Gasteiger partial charge is 0.493 e. The zero-order valence-corrected chi connectivity index (χ0v) is 11.6. The Hall–Kier alpha value is -1.36. The Kier molecular flexibility index (Phi) is 6.56. The summed E-state index contributed by atoms with van der Waals surface area (Å²) in [5.41, 5.74) is 1.03. The predicted octanol–water partition coefficient (Wildman–Crippen LogP) is 3.08. The van der Waals surface area contributed by atoms with Crippen LogP contribution in [-0.4, -0.2) is 26.7 Å². The van der Waals surface area contributed by atoms with Crippen LogP contribution in [0.2, 0.25) is 0 Å². The highest BCUT2D eigenvalue weighted by molar-refractivity contribution is 5.42. The molecule has 0 heterocycles. The minimum atomic E-state index is -2.49. The van der Waals surface area contributed by atoms with E-state index in [1.165, 1.54) is 7.11 Å². The molecule has 3 nitrogen and oxygen atoms in total. The molecule has 0 unspecified atom stereocenters. The molecule has 0 fully saturated rings. The average Bonchev–Trinajstić information content (AvgIpc) is 2.36. The molecular formula is C14H21F2NO2. The molecule has 1 aromatic carbocycles. The summed E-state index contributed by atoms with van der Waals surface area (Å²) >= 11 is 0. The van der Waals surface area contributed by atoms with Crippen LogP contribution >= 0.6 is 0 Å². The maximum absolute atomic E-state index is 12.1. The summed E-state index contributed by atoms with van der Waals surface area (Å²) in [6, 6.07) is 5.30. The monoisotopic (exact) mass is 273 g/mol. The highest BCUT2D eigenvalue weighted by Gasteiger charge is 2.09. The summed E-state index contributed by atoms with van der Waals surface area (Å²) in [6.07, 6.45) is -2.49. The number of hydrogen-bond donors (Lipinski definition) is 1. The van der Waals surface area contributed by atoms with E-state index in [9.17, 15) is 8.78 Å². The van der Waals surface area contributed by atoms with E-state index >= 15 is 0 Å². The molecule has 0 saturated carbocycles. The maximum atomic E-state index is 12.1. The quantitative estimate of drug-likeness (QED) is 0.789. The molecule has 19 heavy (non-hydrogen) atoms. The second kappa shape index (κ2) is 7.94. The number of methoxy groups -OCH3 is 1. The minimum absolute atomic E-state index is 0.343. The van der Waals surface area contributed by atoms with Gasteiger partial charge in [-0.2, -0.15) is 0 Å². The standard InChI is InChI=1S/C14H21F2NO2/c1-10(2)7-17-8-11-4-5-12(13(6-11)18-3)19-9-14(15)16/h4-6,10,14,17H,7-9H2,1-3H3. The van der Waals surface area contributed by atoms with Gasteiger partial charge < -0.3 is 14.8 Å². The van der Waals surface area contributed by atoms with Crippen molar-refractivity contribution in [2.75, 3.05) is 20.3 Å². The molecule has 0 bridgehead atoms. The van der Waals surface area contributed by atoms with E-state index in [2.05, 4.69) is 19.2 Å². The molecule has 0 atom stereocenters. The van der Waals surface area contributed by atoms with Crippen LogP contribution in [0, 0.1) is 5.92 Å². The lowest BCUT2D eigenvalue weighted by molar-refractivity contribution is 0.0804. The summed E-state index contributed by atoms with van der Waals surface area (Å²) in [5, 5.41) is 3.31. The molecular weight excluding hydrogens is 252 g/mol. The zero-order chi connectivity index (χ0) is 14.3. The van der Waals surface area contributed by atoms with Crippen LogP contribution < -0.4 is 14.8 Å². The van der Waals surface area contributed by atoms with Gasteiger partial charge in [0.2, 0.25) is 0 Å². The average molecular weight is 273 g/mol. The fourth-order valence-electron chi connectivity index (χ4n) is 1.60. The lowest BCUT2D eigenvalue weighted by atomic mass is 10.2. The van der Waals surface area contributed by atoms with Gasteiger partial charge in [0, 0.05) is 6.54 Å². The van der Waals surface area contributed by atoms with Crippen LogP contribution in [0.5, 0.6) is 11.5 Å². The van der Waals surface area contributed by atoms with Gasteiger partial charge in [-0.15, -0.1) is 0 Å². The van der Waals surface area contributed by atoms with Crippen LogP contribution in [0.3, 0.4) is 0 Å². The molecule has 1 aromatic rings. The van der Waals surface area contributed by atoms with Gasteiger partial charge in [0.25, 0.3) is 6.43 Å². The highest BCUT2D eigenvalue weighted by Crippen LogP contribution is 2.28. The number of alkyl halides is 2. The molecule has 0 aliphatic carbocycles. The van der Waals surface area contributed by atoms with E-state index in [1.54, 1.807) is 12.1 Å². The van der Waals surface area contributed by atoms with Crippen LogP contribution in [0.15, 0.2) is 18.2 Å². The summed E-state index contributed by atoms with van der Waals surface area (Å²) in [7, 11) is 1.50. The summed E-state index contributed by atoms with van der Waals surface area (Å²) in [6.45, 7) is 5.28. The second-order valence-corrected chi connectivity index (χ2v) is 4.71. The van der Waals surface area contributed by atoms with E-state index < -0.39 is 13.0 Å². The Morgan fingerprint density at radius 3 is 2.53 bits per heavy atom. The van der Waals surface area contributed by atoms with Crippen molar-refractivity contribution in [2.45, 2.75) is 26.8 Å². The summed E-state index contributed by atoms with van der Waals surface area (Å²) < 4.78 is 34.3. The smallest absolute Gasteiger partial charge is 0.272 e. The Bertz CT molecular complexity index is 384. The van der Waals surface area contributed by atoms with Gasteiger partial charge in [-0.05, 0) is 30.2 Å². The first kappa shape index (κ1) is 15.7. The molecule has 0 amide bonds. The van der Waals surface area contributed by atoms with Crippen LogP contribution in [0.25, 0.3) is 0 Å². The van der Waals surface area contributed by atoms with Crippen molar-refractivity contribution in [1.82, 2.24) is 5.32 Å². The van der Waals surface area contributed by atoms with Crippen LogP contribution in [-0.2, 0) is 6.54 Å². The molecule has 5 heteroatoms. The lowest BCUT2D eigenvalue weighted by Gasteiger charge is -2.13. The third-order valence-corrected chi connectivity index (χ3v) is 2.47. The first-order valence-corrected chi connectivity index (χ1v) is 6.31. The molecule has 1 N–H and O–H groups in total. The predicted molar refractivity (Wildman–Crippen MR) is 71.0 cm³/mol. The molecule has 108 valence electrons. The van der Waals surface area contributed by atoms with Crippen molar-refractivity contribution >= 4 is 0 Å². The number of ether oxygens (including phenoxy) is 2. The fraction of sp³-hybridized carbons (Fsp3) is 0.571.